The van der Waals surface area contributed by atoms with E-state index in [0.717, 1.165) is 72.7 Å². The monoisotopic (exact) mass is 940 g/mol. The molecule has 0 aliphatic carbocycles. The van der Waals surface area contributed by atoms with Crippen LogP contribution in [0.25, 0.3) is 22.8 Å². The van der Waals surface area contributed by atoms with Gasteiger partial charge in [-0.25, -0.2) is 19.6 Å². The molecule has 4 N–H and O–H groups in total. The fraction of sp³-hybridized carbons (Fsp3) is 0.481. The van der Waals surface area contributed by atoms with Crippen molar-refractivity contribution in [1.82, 2.24) is 40.4 Å². The van der Waals surface area contributed by atoms with Gasteiger partial charge in [0.05, 0.1) is 62.2 Å². The lowest BCUT2D eigenvalue weighted by Crippen LogP contribution is -2.51. The van der Waals surface area contributed by atoms with Gasteiger partial charge >= 0.3 is 12.2 Å². The molecule has 5 heterocycles. The second kappa shape index (κ2) is 20.5. The molecule has 0 radical (unpaired) electrons. The Bertz CT molecular complexity index is 2430. The molecule has 366 valence electrons. The van der Waals surface area contributed by atoms with E-state index in [2.05, 4.69) is 119 Å². The summed E-state index contributed by atoms with van der Waals surface area (Å²) >= 11 is 0. The van der Waals surface area contributed by atoms with Crippen LogP contribution in [0.2, 0.25) is 0 Å². The van der Waals surface area contributed by atoms with E-state index in [4.69, 9.17) is 19.4 Å². The second-order valence-corrected chi connectivity index (χ2v) is 20.5. The van der Waals surface area contributed by atoms with E-state index >= 15 is 0 Å². The van der Waals surface area contributed by atoms with Crippen molar-refractivity contribution in [1.29, 1.82) is 0 Å². The molecule has 0 saturated carbocycles. The largest absolute Gasteiger partial charge is 0.453 e. The molecule has 0 spiro atoms. The molecule has 2 aromatic heterocycles. The minimum Gasteiger partial charge on any atom is -0.453 e. The molecule has 69 heavy (non-hydrogen) atoms. The SMILES string of the molecule is COC(=O)N[C@H](C(=O)N1CCC[C@H]1c1cnc(-c2ccc([C@@H]3CC[C@@H](c4ccc(-c5ncc([C@@H]6CCCN6C(=O)[C@@H](NC(=O)OC)C(C)C)[nH]5)cc4)N3c3ccc(C(C)(C)C)cc3)cc2)[nH]1)C(C)C. The number of rotatable bonds is 13. The molecule has 3 aliphatic rings. The highest BCUT2D eigenvalue weighted by Crippen LogP contribution is 2.48. The van der Waals surface area contributed by atoms with Crippen LogP contribution in [0.4, 0.5) is 15.3 Å². The molecular weight excluding hydrogens is 871 g/mol. The Balaban J connectivity index is 1.00. The van der Waals surface area contributed by atoms with Crippen molar-refractivity contribution in [3.8, 4) is 22.8 Å². The van der Waals surface area contributed by atoms with E-state index in [9.17, 15) is 19.2 Å². The fourth-order valence-corrected chi connectivity index (χ4v) is 10.5. The van der Waals surface area contributed by atoms with Crippen molar-refractivity contribution in [2.45, 2.75) is 129 Å². The first kappa shape index (κ1) is 48.8. The van der Waals surface area contributed by atoms with E-state index < -0.39 is 24.3 Å². The van der Waals surface area contributed by atoms with E-state index in [1.807, 2.05) is 49.9 Å². The van der Waals surface area contributed by atoms with Crippen LogP contribution in [0.1, 0.15) is 139 Å². The molecule has 0 unspecified atom stereocenters. The quantitative estimate of drug-likeness (QED) is 0.0895. The third kappa shape index (κ3) is 10.4. The maximum atomic E-state index is 13.8. The van der Waals surface area contributed by atoms with Crippen LogP contribution in [0.5, 0.6) is 0 Å². The highest BCUT2D eigenvalue weighted by atomic mass is 16.5. The number of methoxy groups -OCH3 is 2. The van der Waals surface area contributed by atoms with Gasteiger partial charge in [0.2, 0.25) is 11.8 Å². The van der Waals surface area contributed by atoms with Gasteiger partial charge in [-0.2, -0.15) is 0 Å². The summed E-state index contributed by atoms with van der Waals surface area (Å²) in [5.41, 5.74) is 8.60. The molecule has 15 heteroatoms. The van der Waals surface area contributed by atoms with Gasteiger partial charge in [0.1, 0.15) is 23.7 Å². The van der Waals surface area contributed by atoms with E-state index in [0.29, 0.717) is 13.1 Å². The van der Waals surface area contributed by atoms with Crippen LogP contribution < -0.4 is 15.5 Å². The lowest BCUT2D eigenvalue weighted by molar-refractivity contribution is -0.136. The number of amides is 4. The highest BCUT2D eigenvalue weighted by Gasteiger charge is 2.40. The van der Waals surface area contributed by atoms with Gasteiger partial charge in [-0.1, -0.05) is 109 Å². The van der Waals surface area contributed by atoms with Gasteiger partial charge < -0.3 is 44.8 Å². The van der Waals surface area contributed by atoms with Crippen molar-refractivity contribution in [3.63, 3.8) is 0 Å². The molecule has 3 fully saturated rings. The number of aromatic amines is 2. The zero-order valence-electron chi connectivity index (χ0n) is 41.5. The number of likely N-dealkylation sites (tertiary alicyclic amines) is 2. The molecular formula is C54H69N9O6. The third-order valence-electron chi connectivity index (χ3n) is 14.3. The zero-order chi connectivity index (χ0) is 49.1. The van der Waals surface area contributed by atoms with Gasteiger partial charge in [0.15, 0.2) is 0 Å². The first-order chi connectivity index (χ1) is 33.1. The van der Waals surface area contributed by atoms with Gasteiger partial charge in [-0.3, -0.25) is 9.59 Å². The number of H-pyrrole nitrogens is 2. The highest BCUT2D eigenvalue weighted by molar-refractivity contribution is 5.87. The number of alkyl carbamates (subject to hydrolysis) is 2. The number of carbonyl (C=O) groups excluding carboxylic acids is 4. The molecule has 0 bridgehead atoms. The Morgan fingerprint density at radius 2 is 1.00 bits per heavy atom. The number of benzene rings is 3. The van der Waals surface area contributed by atoms with Crippen LogP contribution >= 0.6 is 0 Å². The molecule has 3 aromatic carbocycles. The maximum absolute atomic E-state index is 13.8. The molecule has 5 aromatic rings. The van der Waals surface area contributed by atoms with Crippen molar-refractivity contribution in [3.05, 3.63) is 113 Å². The number of hydrogen-bond donors (Lipinski definition) is 4. The lowest BCUT2D eigenvalue weighted by atomic mass is 9.87. The van der Waals surface area contributed by atoms with Crippen molar-refractivity contribution < 1.29 is 28.7 Å². The minimum absolute atomic E-state index is 0.0268. The lowest BCUT2D eigenvalue weighted by Gasteiger charge is -2.34. The Kier molecular flexibility index (Phi) is 14.5. The summed E-state index contributed by atoms with van der Waals surface area (Å²) in [5, 5.41) is 5.47. The summed E-state index contributed by atoms with van der Waals surface area (Å²) in [7, 11) is 2.61. The number of anilines is 1. The van der Waals surface area contributed by atoms with Crippen molar-refractivity contribution in [2.75, 3.05) is 32.2 Å². The fourth-order valence-electron chi connectivity index (χ4n) is 10.5. The van der Waals surface area contributed by atoms with Gasteiger partial charge in [-0.05, 0) is 84.6 Å². The predicted octanol–water partition coefficient (Wildman–Crippen LogP) is 9.94. The molecule has 4 amide bonds. The topological polar surface area (TPSA) is 178 Å². The average molecular weight is 940 g/mol. The van der Waals surface area contributed by atoms with E-state index in [-0.39, 0.29) is 53.2 Å². The summed E-state index contributed by atoms with van der Waals surface area (Å²) in [6, 6.07) is 25.0. The van der Waals surface area contributed by atoms with Gasteiger partial charge in [0, 0.05) is 29.9 Å². The summed E-state index contributed by atoms with van der Waals surface area (Å²) in [4.78, 5) is 74.6. The predicted molar refractivity (Wildman–Crippen MR) is 266 cm³/mol. The molecule has 3 saturated heterocycles. The summed E-state index contributed by atoms with van der Waals surface area (Å²) in [5.74, 6) is 1.03. The minimum atomic E-state index is -0.688. The number of carbonyl (C=O) groups is 4. The van der Waals surface area contributed by atoms with Crippen LogP contribution in [0.15, 0.2) is 85.2 Å². The van der Waals surface area contributed by atoms with Gasteiger partial charge in [0.25, 0.3) is 0 Å². The molecule has 8 rings (SSSR count). The molecule has 3 aliphatic heterocycles. The first-order valence-corrected chi connectivity index (χ1v) is 24.6. The number of nitrogens with one attached hydrogen (secondary N) is 4. The van der Waals surface area contributed by atoms with Crippen LogP contribution in [-0.2, 0) is 24.5 Å². The van der Waals surface area contributed by atoms with Crippen molar-refractivity contribution >= 4 is 29.7 Å². The zero-order valence-corrected chi connectivity index (χ0v) is 41.5. The standard InChI is InChI=1S/C54H69N9O6/c1-32(2)46(59-52(66)68-8)50(64)61-28-10-12-44(61)40-30-55-48(57-40)36-18-14-34(15-19-36)42-26-27-43(63(42)39-24-22-38(23-25-39)54(5,6)7)35-16-20-37(21-17-35)49-56-31-41(58-49)45-13-11-29-62(45)51(65)47(33(3)4)60-53(67)69-9/h14-25,30-33,42-47H,10-13,26-29H2,1-9H3,(H,55,57)(H,56,58)(H,59,66)(H,60,67)/t42-,43-,44-,45-,46-,47-/m0/s1. The normalized spacial score (nSPS) is 20.4. The number of hydrogen-bond acceptors (Lipinski definition) is 9. The third-order valence-corrected chi connectivity index (χ3v) is 14.3. The van der Waals surface area contributed by atoms with Gasteiger partial charge in [-0.15, -0.1) is 0 Å². The number of aromatic nitrogens is 4. The summed E-state index contributed by atoms with van der Waals surface area (Å²) in [6.07, 6.45) is 7.70. The van der Waals surface area contributed by atoms with Crippen LogP contribution in [0, 0.1) is 11.8 Å². The summed E-state index contributed by atoms with van der Waals surface area (Å²) < 4.78 is 9.63. The number of nitrogens with zero attached hydrogens (tertiary/aromatic N) is 5. The average Bonchev–Trinajstić information content (AvgIpc) is 4.21. The Morgan fingerprint density at radius 1 is 0.594 bits per heavy atom. The smallest absolute Gasteiger partial charge is 0.407 e. The van der Waals surface area contributed by atoms with E-state index in [1.54, 1.807) is 0 Å². The molecule has 6 atom stereocenters. The number of ether oxygens (including phenoxy) is 2. The Morgan fingerprint density at radius 3 is 1.36 bits per heavy atom. The van der Waals surface area contributed by atoms with Crippen LogP contribution in [0.3, 0.4) is 0 Å². The number of imidazole rings is 2. The van der Waals surface area contributed by atoms with Crippen LogP contribution in [-0.4, -0.2) is 93.1 Å². The molecule has 15 nitrogen and oxygen atoms in total. The first-order valence-electron chi connectivity index (χ1n) is 24.6. The summed E-state index contributed by atoms with van der Waals surface area (Å²) in [6.45, 7) is 15.6. The maximum Gasteiger partial charge on any atom is 0.407 e. The van der Waals surface area contributed by atoms with E-state index in [1.165, 1.54) is 36.6 Å². The van der Waals surface area contributed by atoms with Crippen molar-refractivity contribution in [2.24, 2.45) is 11.8 Å². The Labute approximate surface area is 406 Å². The Hall–Kier alpha value is -6.64. The second-order valence-electron chi connectivity index (χ2n) is 20.5.